The van der Waals surface area contributed by atoms with E-state index in [1.165, 1.54) is 18.4 Å². The Morgan fingerprint density at radius 3 is 2.71 bits per heavy atom. The second-order valence-corrected chi connectivity index (χ2v) is 4.92. The third kappa shape index (κ3) is 2.31. The fourth-order valence-electron chi connectivity index (χ4n) is 2.12. The molecule has 0 spiro atoms. The minimum atomic E-state index is 0.604. The van der Waals surface area contributed by atoms with Gasteiger partial charge in [-0.05, 0) is 37.0 Å². The SMILES string of the molecule is S=c1[nH]nc(CCc2ccccc2)n1C1CC1. The zero-order chi connectivity index (χ0) is 11.7. The number of hydrogen-bond donors (Lipinski definition) is 1. The fourth-order valence-corrected chi connectivity index (χ4v) is 2.42. The zero-order valence-corrected chi connectivity index (χ0v) is 10.4. The molecule has 0 amide bonds. The number of H-pyrrole nitrogens is 1. The monoisotopic (exact) mass is 245 g/mol. The van der Waals surface area contributed by atoms with Gasteiger partial charge in [0.1, 0.15) is 5.82 Å². The minimum absolute atomic E-state index is 0.604. The van der Waals surface area contributed by atoms with Crippen molar-refractivity contribution < 1.29 is 0 Å². The van der Waals surface area contributed by atoms with Crippen molar-refractivity contribution in [1.29, 1.82) is 0 Å². The van der Waals surface area contributed by atoms with E-state index in [0.717, 1.165) is 23.4 Å². The molecule has 17 heavy (non-hydrogen) atoms. The van der Waals surface area contributed by atoms with Gasteiger partial charge in [0.15, 0.2) is 4.77 Å². The van der Waals surface area contributed by atoms with E-state index >= 15 is 0 Å². The van der Waals surface area contributed by atoms with Crippen LogP contribution in [0.25, 0.3) is 0 Å². The number of nitrogens with zero attached hydrogens (tertiary/aromatic N) is 2. The molecule has 3 nitrogen and oxygen atoms in total. The molecule has 0 bridgehead atoms. The number of aryl methyl sites for hydroxylation is 2. The van der Waals surface area contributed by atoms with E-state index in [9.17, 15) is 0 Å². The Balaban J connectivity index is 1.75. The smallest absolute Gasteiger partial charge is 0.195 e. The van der Waals surface area contributed by atoms with Crippen molar-refractivity contribution in [2.75, 3.05) is 0 Å². The number of hydrogen-bond acceptors (Lipinski definition) is 2. The summed E-state index contributed by atoms with van der Waals surface area (Å²) in [5.41, 5.74) is 1.35. The van der Waals surface area contributed by atoms with Gasteiger partial charge in [-0.3, -0.25) is 5.10 Å². The summed E-state index contributed by atoms with van der Waals surface area (Å²) in [6, 6.07) is 11.1. The van der Waals surface area contributed by atoms with Gasteiger partial charge >= 0.3 is 0 Å². The van der Waals surface area contributed by atoms with Crippen LogP contribution in [0.15, 0.2) is 30.3 Å². The third-order valence-electron chi connectivity index (χ3n) is 3.17. The molecule has 3 rings (SSSR count). The molecule has 0 atom stereocenters. The number of aromatic amines is 1. The van der Waals surface area contributed by atoms with E-state index in [0.29, 0.717) is 6.04 Å². The maximum atomic E-state index is 5.26. The van der Waals surface area contributed by atoms with Gasteiger partial charge in [-0.1, -0.05) is 30.3 Å². The Morgan fingerprint density at radius 2 is 2.00 bits per heavy atom. The van der Waals surface area contributed by atoms with Gasteiger partial charge in [0, 0.05) is 12.5 Å². The zero-order valence-electron chi connectivity index (χ0n) is 9.60. The predicted molar refractivity (Wildman–Crippen MR) is 69.5 cm³/mol. The van der Waals surface area contributed by atoms with Gasteiger partial charge in [0.05, 0.1) is 0 Å². The maximum absolute atomic E-state index is 5.26. The van der Waals surface area contributed by atoms with Crippen molar-refractivity contribution in [1.82, 2.24) is 14.8 Å². The first kappa shape index (κ1) is 10.7. The molecule has 1 aromatic heterocycles. The van der Waals surface area contributed by atoms with Crippen molar-refractivity contribution >= 4 is 12.2 Å². The first-order valence-corrected chi connectivity index (χ1v) is 6.45. The molecular formula is C13H15N3S. The summed E-state index contributed by atoms with van der Waals surface area (Å²) in [7, 11) is 0. The Bertz CT molecular complexity index is 552. The third-order valence-corrected chi connectivity index (χ3v) is 3.46. The Hall–Kier alpha value is -1.42. The van der Waals surface area contributed by atoms with Gasteiger partial charge in [-0.25, -0.2) is 0 Å². The van der Waals surface area contributed by atoms with Crippen LogP contribution in [0.1, 0.15) is 30.3 Å². The van der Waals surface area contributed by atoms with Crippen LogP contribution in [0.4, 0.5) is 0 Å². The highest BCUT2D eigenvalue weighted by Gasteiger charge is 2.26. The van der Waals surface area contributed by atoms with Gasteiger partial charge in [-0.15, -0.1) is 0 Å². The van der Waals surface area contributed by atoms with E-state index in [-0.39, 0.29) is 0 Å². The van der Waals surface area contributed by atoms with Crippen LogP contribution in [-0.4, -0.2) is 14.8 Å². The van der Waals surface area contributed by atoms with Gasteiger partial charge in [-0.2, -0.15) is 5.10 Å². The van der Waals surface area contributed by atoms with Gasteiger partial charge in [0.25, 0.3) is 0 Å². The highest BCUT2D eigenvalue weighted by atomic mass is 32.1. The number of benzene rings is 1. The van der Waals surface area contributed by atoms with Crippen LogP contribution in [0.2, 0.25) is 0 Å². The lowest BCUT2D eigenvalue weighted by molar-refractivity contribution is 0.666. The van der Waals surface area contributed by atoms with Crippen LogP contribution in [0.5, 0.6) is 0 Å². The second-order valence-electron chi connectivity index (χ2n) is 4.53. The Morgan fingerprint density at radius 1 is 1.24 bits per heavy atom. The lowest BCUT2D eigenvalue weighted by Crippen LogP contribution is -2.03. The molecule has 1 fully saturated rings. The molecule has 0 saturated heterocycles. The summed E-state index contributed by atoms with van der Waals surface area (Å²) in [5.74, 6) is 1.10. The van der Waals surface area contributed by atoms with Crippen LogP contribution < -0.4 is 0 Å². The summed E-state index contributed by atoms with van der Waals surface area (Å²) in [6.07, 6.45) is 4.46. The van der Waals surface area contributed by atoms with Crippen LogP contribution >= 0.6 is 12.2 Å². The molecule has 1 saturated carbocycles. The largest absolute Gasteiger partial charge is 0.301 e. The average molecular weight is 245 g/mol. The van der Waals surface area contributed by atoms with Crippen molar-refractivity contribution in [2.45, 2.75) is 31.7 Å². The highest BCUT2D eigenvalue weighted by Crippen LogP contribution is 2.35. The van der Waals surface area contributed by atoms with Crippen LogP contribution in [0.3, 0.4) is 0 Å². The first-order chi connectivity index (χ1) is 8.34. The summed E-state index contributed by atoms with van der Waals surface area (Å²) >= 11 is 5.26. The van der Waals surface area contributed by atoms with E-state index in [2.05, 4.69) is 39.0 Å². The number of nitrogens with one attached hydrogen (secondary N) is 1. The molecule has 0 unspecified atom stereocenters. The van der Waals surface area contributed by atoms with Crippen molar-refractivity contribution in [3.63, 3.8) is 0 Å². The number of aromatic nitrogens is 3. The average Bonchev–Trinajstić information content (AvgIpc) is 3.12. The molecule has 0 radical (unpaired) electrons. The summed E-state index contributed by atoms with van der Waals surface area (Å²) in [4.78, 5) is 0. The predicted octanol–water partition coefficient (Wildman–Crippen LogP) is 3.06. The summed E-state index contributed by atoms with van der Waals surface area (Å²) in [6.45, 7) is 0. The molecule has 2 aromatic rings. The Labute approximate surface area is 105 Å². The molecule has 1 aliphatic carbocycles. The van der Waals surface area contributed by atoms with E-state index in [1.54, 1.807) is 0 Å². The van der Waals surface area contributed by atoms with E-state index in [1.807, 2.05) is 6.07 Å². The topological polar surface area (TPSA) is 33.6 Å². The molecule has 1 aromatic carbocycles. The van der Waals surface area contributed by atoms with Crippen molar-refractivity contribution in [3.8, 4) is 0 Å². The molecule has 1 heterocycles. The summed E-state index contributed by atoms with van der Waals surface area (Å²) < 4.78 is 2.97. The molecule has 4 heteroatoms. The van der Waals surface area contributed by atoms with Gasteiger partial charge in [0.2, 0.25) is 0 Å². The molecular weight excluding hydrogens is 230 g/mol. The molecule has 0 aliphatic heterocycles. The highest BCUT2D eigenvalue weighted by molar-refractivity contribution is 7.71. The summed E-state index contributed by atoms with van der Waals surface area (Å²) in [5, 5.41) is 7.25. The quantitative estimate of drug-likeness (QED) is 0.840. The lowest BCUT2D eigenvalue weighted by Gasteiger charge is -2.04. The standard InChI is InChI=1S/C13H15N3S/c17-13-15-14-12(16(13)11-7-8-11)9-6-10-4-2-1-3-5-10/h1-5,11H,6-9H2,(H,15,17). The fraction of sp³-hybridized carbons (Fsp3) is 0.385. The van der Waals surface area contributed by atoms with Crippen LogP contribution in [-0.2, 0) is 12.8 Å². The van der Waals surface area contributed by atoms with Crippen LogP contribution in [0, 0.1) is 4.77 Å². The molecule has 1 aliphatic rings. The first-order valence-electron chi connectivity index (χ1n) is 6.04. The van der Waals surface area contributed by atoms with Crippen molar-refractivity contribution in [3.05, 3.63) is 46.5 Å². The normalized spacial score (nSPS) is 15.1. The van der Waals surface area contributed by atoms with E-state index in [4.69, 9.17) is 12.2 Å². The molecule has 88 valence electrons. The van der Waals surface area contributed by atoms with Gasteiger partial charge < -0.3 is 4.57 Å². The maximum Gasteiger partial charge on any atom is 0.195 e. The second kappa shape index (κ2) is 4.45. The lowest BCUT2D eigenvalue weighted by atomic mass is 10.1. The minimum Gasteiger partial charge on any atom is -0.301 e. The van der Waals surface area contributed by atoms with E-state index < -0.39 is 0 Å². The molecule has 1 N–H and O–H groups in total. The number of rotatable bonds is 4. The van der Waals surface area contributed by atoms with Crippen molar-refractivity contribution in [2.24, 2.45) is 0 Å². The Kier molecular flexibility index (Phi) is 2.81.